The summed E-state index contributed by atoms with van der Waals surface area (Å²) in [4.78, 5) is 24.3. The van der Waals surface area contributed by atoms with Crippen LogP contribution >= 0.6 is 11.8 Å². The largest absolute Gasteiger partial charge is 0.493 e. The monoisotopic (exact) mass is 493 g/mol. The first kappa shape index (κ1) is 24.0. The van der Waals surface area contributed by atoms with Crippen molar-refractivity contribution in [3.63, 3.8) is 0 Å². The molecule has 0 aliphatic carbocycles. The zero-order valence-corrected chi connectivity index (χ0v) is 19.6. The fourth-order valence-electron chi connectivity index (χ4n) is 3.23. The number of rotatable bonds is 8. The van der Waals surface area contributed by atoms with E-state index < -0.39 is 11.9 Å². The molecule has 0 bridgehead atoms. The van der Waals surface area contributed by atoms with Gasteiger partial charge < -0.3 is 14.2 Å². The van der Waals surface area contributed by atoms with Gasteiger partial charge in [-0.15, -0.1) is 10.2 Å². The van der Waals surface area contributed by atoms with E-state index in [1.165, 1.54) is 44.6 Å². The highest BCUT2D eigenvalue weighted by atomic mass is 32.2. The molecule has 3 aromatic carbocycles. The SMILES string of the molecule is COC(=O)c1ccc(OC(=O)CSc2nnc(-c3ccc(F)cc3)n2-c2ccccc2)c(OC)c1. The molecule has 0 aliphatic rings. The van der Waals surface area contributed by atoms with Crippen LogP contribution in [0.4, 0.5) is 4.39 Å². The summed E-state index contributed by atoms with van der Waals surface area (Å²) < 4.78 is 30.6. The van der Waals surface area contributed by atoms with E-state index in [4.69, 9.17) is 14.2 Å². The van der Waals surface area contributed by atoms with Crippen LogP contribution in [0.25, 0.3) is 17.1 Å². The van der Waals surface area contributed by atoms with E-state index >= 15 is 0 Å². The van der Waals surface area contributed by atoms with E-state index in [0.717, 1.165) is 17.4 Å². The molecule has 0 aliphatic heterocycles. The van der Waals surface area contributed by atoms with Gasteiger partial charge in [-0.25, -0.2) is 9.18 Å². The molecule has 0 radical (unpaired) electrons. The second-order valence-electron chi connectivity index (χ2n) is 7.10. The van der Waals surface area contributed by atoms with Gasteiger partial charge in [-0.1, -0.05) is 30.0 Å². The molecule has 0 amide bonds. The van der Waals surface area contributed by atoms with Crippen LogP contribution in [0.2, 0.25) is 0 Å². The minimum absolute atomic E-state index is 0.0731. The average Bonchev–Trinajstić information content (AvgIpc) is 3.32. The predicted molar refractivity (Wildman–Crippen MR) is 127 cm³/mol. The molecule has 4 aromatic rings. The van der Waals surface area contributed by atoms with E-state index in [2.05, 4.69) is 10.2 Å². The van der Waals surface area contributed by atoms with E-state index in [1.807, 2.05) is 30.3 Å². The number of nitrogens with zero attached hydrogens (tertiary/aromatic N) is 3. The van der Waals surface area contributed by atoms with Crippen molar-refractivity contribution in [1.29, 1.82) is 0 Å². The second-order valence-corrected chi connectivity index (χ2v) is 8.05. The zero-order chi connectivity index (χ0) is 24.8. The highest BCUT2D eigenvalue weighted by molar-refractivity contribution is 7.99. The molecule has 10 heteroatoms. The first-order valence-electron chi connectivity index (χ1n) is 10.4. The number of aromatic nitrogens is 3. The Balaban J connectivity index is 1.54. The number of methoxy groups -OCH3 is 2. The highest BCUT2D eigenvalue weighted by Gasteiger charge is 2.19. The fourth-order valence-corrected chi connectivity index (χ4v) is 3.96. The molecule has 4 rings (SSSR count). The van der Waals surface area contributed by atoms with Gasteiger partial charge in [0, 0.05) is 11.3 Å². The van der Waals surface area contributed by atoms with Gasteiger partial charge in [0.1, 0.15) is 5.82 Å². The summed E-state index contributed by atoms with van der Waals surface area (Å²) in [6, 6.07) is 19.7. The number of carbonyl (C=O) groups is 2. The van der Waals surface area contributed by atoms with Crippen LogP contribution in [-0.2, 0) is 9.53 Å². The average molecular weight is 494 g/mol. The van der Waals surface area contributed by atoms with Crippen molar-refractivity contribution in [3.05, 3.63) is 84.2 Å². The molecule has 0 N–H and O–H groups in total. The number of hydrogen-bond acceptors (Lipinski definition) is 8. The van der Waals surface area contributed by atoms with Crippen LogP contribution in [0.15, 0.2) is 78.0 Å². The summed E-state index contributed by atoms with van der Waals surface area (Å²) in [6.07, 6.45) is 0. The Morgan fingerprint density at radius 3 is 2.37 bits per heavy atom. The lowest BCUT2D eigenvalue weighted by molar-refractivity contribution is -0.131. The number of esters is 2. The molecule has 35 heavy (non-hydrogen) atoms. The molecule has 0 unspecified atom stereocenters. The van der Waals surface area contributed by atoms with E-state index in [1.54, 1.807) is 16.7 Å². The molecule has 0 spiro atoms. The minimum Gasteiger partial charge on any atom is -0.493 e. The third-order valence-electron chi connectivity index (χ3n) is 4.88. The lowest BCUT2D eigenvalue weighted by Crippen LogP contribution is -2.12. The Labute approximate surface area is 204 Å². The molecule has 1 heterocycles. The third-order valence-corrected chi connectivity index (χ3v) is 5.78. The Hall–Kier alpha value is -4.18. The van der Waals surface area contributed by atoms with Crippen LogP contribution in [0.1, 0.15) is 10.4 Å². The number of thioether (sulfide) groups is 1. The molecule has 0 saturated heterocycles. The van der Waals surface area contributed by atoms with Gasteiger partial charge in [0.2, 0.25) is 0 Å². The Kier molecular flexibility index (Phi) is 7.41. The topological polar surface area (TPSA) is 92.5 Å². The predicted octanol–water partition coefficient (Wildman–Crippen LogP) is 4.57. The lowest BCUT2D eigenvalue weighted by Gasteiger charge is -2.11. The van der Waals surface area contributed by atoms with Gasteiger partial charge in [-0.05, 0) is 54.6 Å². The highest BCUT2D eigenvalue weighted by Crippen LogP contribution is 2.31. The van der Waals surface area contributed by atoms with Gasteiger partial charge in [0.05, 0.1) is 25.5 Å². The maximum absolute atomic E-state index is 13.4. The molecule has 0 atom stereocenters. The smallest absolute Gasteiger partial charge is 0.337 e. The molecular weight excluding hydrogens is 473 g/mol. The van der Waals surface area contributed by atoms with Crippen molar-refractivity contribution in [2.75, 3.05) is 20.0 Å². The van der Waals surface area contributed by atoms with E-state index in [0.29, 0.717) is 16.5 Å². The standard InChI is InChI=1S/C25H20FN3O5S/c1-32-21-14-17(24(31)33-2)10-13-20(21)34-22(30)15-35-25-28-27-23(16-8-11-18(26)12-9-16)29(25)19-6-4-3-5-7-19/h3-14H,15H2,1-2H3. The van der Waals surface area contributed by atoms with Crippen molar-refractivity contribution in [2.24, 2.45) is 0 Å². The van der Waals surface area contributed by atoms with Crippen LogP contribution in [0.3, 0.4) is 0 Å². The third kappa shape index (κ3) is 5.49. The number of benzene rings is 3. The molecular formula is C25H20FN3O5S. The van der Waals surface area contributed by atoms with Gasteiger partial charge in [0.25, 0.3) is 0 Å². The second kappa shape index (κ2) is 10.8. The van der Waals surface area contributed by atoms with Crippen molar-refractivity contribution < 1.29 is 28.2 Å². The maximum Gasteiger partial charge on any atom is 0.337 e. The molecule has 0 saturated carbocycles. The lowest BCUT2D eigenvalue weighted by atomic mass is 10.2. The van der Waals surface area contributed by atoms with E-state index in [9.17, 15) is 14.0 Å². The number of carbonyl (C=O) groups excluding carboxylic acids is 2. The van der Waals surface area contributed by atoms with Crippen molar-refractivity contribution in [3.8, 4) is 28.6 Å². The summed E-state index contributed by atoms with van der Waals surface area (Å²) in [5, 5.41) is 8.97. The zero-order valence-electron chi connectivity index (χ0n) is 18.8. The number of hydrogen-bond donors (Lipinski definition) is 0. The molecule has 0 fully saturated rings. The quantitative estimate of drug-likeness (QED) is 0.200. The Bertz CT molecular complexity index is 1340. The first-order valence-corrected chi connectivity index (χ1v) is 11.4. The molecule has 1 aromatic heterocycles. The first-order chi connectivity index (χ1) is 17.0. The maximum atomic E-state index is 13.4. The molecule has 178 valence electrons. The van der Waals surface area contributed by atoms with Crippen LogP contribution in [-0.4, -0.2) is 46.7 Å². The summed E-state index contributed by atoms with van der Waals surface area (Å²) in [7, 11) is 2.68. The fraction of sp³-hybridized carbons (Fsp3) is 0.120. The normalized spacial score (nSPS) is 10.6. The summed E-state index contributed by atoms with van der Waals surface area (Å²) in [5.74, 6) is -0.617. The van der Waals surface area contributed by atoms with Gasteiger partial charge in [-0.2, -0.15) is 0 Å². The van der Waals surface area contributed by atoms with E-state index in [-0.39, 0.29) is 28.6 Å². The van der Waals surface area contributed by atoms with Gasteiger partial charge in [-0.3, -0.25) is 9.36 Å². The summed E-state index contributed by atoms with van der Waals surface area (Å²) in [6.45, 7) is 0. The Morgan fingerprint density at radius 1 is 0.943 bits per heavy atom. The minimum atomic E-state index is -0.551. The summed E-state index contributed by atoms with van der Waals surface area (Å²) >= 11 is 1.14. The van der Waals surface area contributed by atoms with Crippen molar-refractivity contribution in [1.82, 2.24) is 14.8 Å². The van der Waals surface area contributed by atoms with Gasteiger partial charge >= 0.3 is 11.9 Å². The summed E-state index contributed by atoms with van der Waals surface area (Å²) in [5.41, 5.74) is 1.73. The molecule has 8 nitrogen and oxygen atoms in total. The number of ether oxygens (including phenoxy) is 3. The number of halogens is 1. The van der Waals surface area contributed by atoms with Crippen molar-refractivity contribution >= 4 is 23.7 Å². The van der Waals surface area contributed by atoms with Crippen LogP contribution in [0.5, 0.6) is 11.5 Å². The van der Waals surface area contributed by atoms with Crippen molar-refractivity contribution in [2.45, 2.75) is 5.16 Å². The Morgan fingerprint density at radius 2 is 1.69 bits per heavy atom. The van der Waals surface area contributed by atoms with Crippen LogP contribution < -0.4 is 9.47 Å². The van der Waals surface area contributed by atoms with Crippen LogP contribution in [0, 0.1) is 5.82 Å². The van der Waals surface area contributed by atoms with Gasteiger partial charge in [0.15, 0.2) is 22.5 Å². The number of para-hydroxylation sites is 1.